The molecule has 0 aromatic heterocycles. The zero-order chi connectivity index (χ0) is 21.8. The van der Waals surface area contributed by atoms with Gasteiger partial charge in [-0.1, -0.05) is 38.1 Å². The standard InChI is InChI=1S/C23H28N4O3/c1-4-30-19-11-9-18(10-12-19)27-22(28)20(26(23(27)29)14-15(2)3)13-16-5-7-17(8-6-16)21(24)25/h5-12,15,20H,4,13-14H2,1-3H3,(H3,24,25)/t20-/m0/s1. The van der Waals surface area contributed by atoms with E-state index < -0.39 is 6.04 Å². The highest BCUT2D eigenvalue weighted by atomic mass is 16.5. The van der Waals surface area contributed by atoms with Crippen molar-refractivity contribution in [1.82, 2.24) is 4.90 Å². The topological polar surface area (TPSA) is 99.7 Å². The minimum absolute atomic E-state index is 0.00298. The average Bonchev–Trinajstić information content (AvgIpc) is 2.93. The summed E-state index contributed by atoms with van der Waals surface area (Å²) in [6, 6.07) is 13.3. The quantitative estimate of drug-likeness (QED) is 0.397. The number of amides is 3. The molecule has 30 heavy (non-hydrogen) atoms. The van der Waals surface area contributed by atoms with Gasteiger partial charge >= 0.3 is 6.03 Å². The number of nitrogens with one attached hydrogen (secondary N) is 1. The first kappa shape index (κ1) is 21.4. The van der Waals surface area contributed by atoms with Crippen molar-refractivity contribution in [1.29, 1.82) is 5.41 Å². The van der Waals surface area contributed by atoms with Gasteiger partial charge < -0.3 is 15.4 Å². The highest BCUT2D eigenvalue weighted by molar-refractivity contribution is 6.21. The molecule has 2 aromatic carbocycles. The first-order valence-corrected chi connectivity index (χ1v) is 10.1. The third-order valence-corrected chi connectivity index (χ3v) is 4.98. The summed E-state index contributed by atoms with van der Waals surface area (Å²) < 4.78 is 5.45. The number of imide groups is 1. The van der Waals surface area contributed by atoms with Gasteiger partial charge in [0.05, 0.1) is 12.3 Å². The number of nitrogens with zero attached hydrogens (tertiary/aromatic N) is 2. The Balaban J connectivity index is 1.87. The molecule has 0 saturated carbocycles. The molecule has 1 aliphatic heterocycles. The second kappa shape index (κ2) is 8.98. The van der Waals surface area contributed by atoms with Crippen LogP contribution >= 0.6 is 0 Å². The molecule has 0 unspecified atom stereocenters. The number of hydrogen-bond donors (Lipinski definition) is 2. The lowest BCUT2D eigenvalue weighted by atomic mass is 10.0. The number of nitrogens with two attached hydrogens (primary N) is 1. The third kappa shape index (κ3) is 4.45. The van der Waals surface area contributed by atoms with Crippen molar-refractivity contribution in [2.24, 2.45) is 11.7 Å². The van der Waals surface area contributed by atoms with Gasteiger partial charge in [-0.05, 0) is 42.7 Å². The smallest absolute Gasteiger partial charge is 0.332 e. The molecular formula is C23H28N4O3. The number of amidine groups is 1. The fourth-order valence-electron chi connectivity index (χ4n) is 3.57. The highest BCUT2D eigenvalue weighted by Gasteiger charge is 2.45. The first-order chi connectivity index (χ1) is 14.3. The zero-order valence-electron chi connectivity index (χ0n) is 17.6. The minimum Gasteiger partial charge on any atom is -0.494 e. The fraction of sp³-hybridized carbons (Fsp3) is 0.348. The molecule has 3 N–H and O–H groups in total. The molecule has 0 radical (unpaired) electrons. The number of hydrogen-bond acceptors (Lipinski definition) is 4. The van der Waals surface area contributed by atoms with Crippen LogP contribution in [0.3, 0.4) is 0 Å². The van der Waals surface area contributed by atoms with Gasteiger partial charge in [0, 0.05) is 18.5 Å². The largest absolute Gasteiger partial charge is 0.494 e. The van der Waals surface area contributed by atoms with Crippen molar-refractivity contribution in [2.75, 3.05) is 18.1 Å². The number of nitrogen functional groups attached to an aromatic ring is 1. The van der Waals surface area contributed by atoms with E-state index in [-0.39, 0.29) is 23.7 Å². The van der Waals surface area contributed by atoms with Crippen molar-refractivity contribution in [3.8, 4) is 5.75 Å². The van der Waals surface area contributed by atoms with Crippen LogP contribution in [0.25, 0.3) is 0 Å². The van der Waals surface area contributed by atoms with Crippen LogP contribution in [0.2, 0.25) is 0 Å². The van der Waals surface area contributed by atoms with Crippen molar-refractivity contribution in [3.63, 3.8) is 0 Å². The van der Waals surface area contributed by atoms with Crippen LogP contribution in [0.1, 0.15) is 31.9 Å². The lowest BCUT2D eigenvalue weighted by Gasteiger charge is -2.23. The van der Waals surface area contributed by atoms with Crippen LogP contribution in [-0.4, -0.2) is 41.9 Å². The zero-order valence-corrected chi connectivity index (χ0v) is 17.6. The molecule has 3 rings (SSSR count). The molecule has 1 fully saturated rings. The Morgan fingerprint density at radius 1 is 1.10 bits per heavy atom. The number of rotatable bonds is 8. The summed E-state index contributed by atoms with van der Waals surface area (Å²) in [6.45, 7) is 6.99. The normalized spacial score (nSPS) is 16.5. The monoisotopic (exact) mass is 408 g/mol. The minimum atomic E-state index is -0.574. The Kier molecular flexibility index (Phi) is 6.40. The summed E-state index contributed by atoms with van der Waals surface area (Å²) in [5.41, 5.74) is 7.59. The maximum atomic E-state index is 13.3. The molecule has 0 aliphatic carbocycles. The van der Waals surface area contributed by atoms with Crippen molar-refractivity contribution >= 4 is 23.5 Å². The van der Waals surface area contributed by atoms with Gasteiger partial charge in [-0.3, -0.25) is 10.2 Å². The van der Waals surface area contributed by atoms with Crippen LogP contribution in [0.4, 0.5) is 10.5 Å². The van der Waals surface area contributed by atoms with Crippen molar-refractivity contribution < 1.29 is 14.3 Å². The number of ether oxygens (including phenoxy) is 1. The Morgan fingerprint density at radius 2 is 1.73 bits per heavy atom. The summed E-state index contributed by atoms with van der Waals surface area (Å²) in [7, 11) is 0. The summed E-state index contributed by atoms with van der Waals surface area (Å²) >= 11 is 0. The van der Waals surface area contributed by atoms with E-state index in [2.05, 4.69) is 0 Å². The second-order valence-electron chi connectivity index (χ2n) is 7.76. The van der Waals surface area contributed by atoms with Gasteiger partial charge in [0.25, 0.3) is 5.91 Å². The Bertz CT molecular complexity index is 922. The van der Waals surface area contributed by atoms with Crippen molar-refractivity contribution in [2.45, 2.75) is 33.2 Å². The molecule has 1 atom stereocenters. The summed E-state index contributed by atoms with van der Waals surface area (Å²) in [4.78, 5) is 29.3. The molecular weight excluding hydrogens is 380 g/mol. The molecule has 0 spiro atoms. The molecule has 1 heterocycles. The van der Waals surface area contributed by atoms with Gasteiger partial charge in [0.15, 0.2) is 0 Å². The maximum absolute atomic E-state index is 13.3. The molecule has 7 nitrogen and oxygen atoms in total. The molecule has 2 aromatic rings. The van der Waals surface area contributed by atoms with E-state index in [0.717, 1.165) is 5.56 Å². The molecule has 158 valence electrons. The number of urea groups is 1. The second-order valence-corrected chi connectivity index (χ2v) is 7.76. The van der Waals surface area contributed by atoms with Crippen LogP contribution < -0.4 is 15.4 Å². The van der Waals surface area contributed by atoms with E-state index in [1.165, 1.54) is 4.90 Å². The van der Waals surface area contributed by atoms with Crippen LogP contribution in [0.15, 0.2) is 48.5 Å². The summed E-state index contributed by atoms with van der Waals surface area (Å²) in [5.74, 6) is 0.684. The van der Waals surface area contributed by atoms with Gasteiger partial charge in [-0.25, -0.2) is 9.69 Å². The Labute approximate surface area is 176 Å². The fourth-order valence-corrected chi connectivity index (χ4v) is 3.57. The summed E-state index contributed by atoms with van der Waals surface area (Å²) in [6.07, 6.45) is 0.406. The Hall–Kier alpha value is -3.35. The van der Waals surface area contributed by atoms with Gasteiger partial charge in [-0.15, -0.1) is 0 Å². The average molecular weight is 409 g/mol. The van der Waals surface area contributed by atoms with E-state index in [4.69, 9.17) is 15.9 Å². The van der Waals surface area contributed by atoms with Crippen LogP contribution in [0, 0.1) is 11.3 Å². The molecule has 7 heteroatoms. The van der Waals surface area contributed by atoms with Gasteiger partial charge in [0.2, 0.25) is 0 Å². The maximum Gasteiger partial charge on any atom is 0.332 e. The first-order valence-electron chi connectivity index (χ1n) is 10.1. The number of benzene rings is 2. The van der Waals surface area contributed by atoms with E-state index in [0.29, 0.717) is 36.6 Å². The van der Waals surface area contributed by atoms with Crippen LogP contribution in [-0.2, 0) is 11.2 Å². The highest BCUT2D eigenvalue weighted by Crippen LogP contribution is 2.29. The number of carbonyl (C=O) groups is 2. The molecule has 1 aliphatic rings. The lowest BCUT2D eigenvalue weighted by Crippen LogP contribution is -2.39. The van der Waals surface area contributed by atoms with Crippen molar-refractivity contribution in [3.05, 3.63) is 59.7 Å². The predicted octanol–water partition coefficient (Wildman–Crippen LogP) is 3.41. The molecule has 3 amide bonds. The number of anilines is 1. The SMILES string of the molecule is CCOc1ccc(N2C(=O)[C@H](Cc3ccc(C(=N)N)cc3)N(CC(C)C)C2=O)cc1. The van der Waals surface area contributed by atoms with E-state index in [1.54, 1.807) is 41.3 Å². The Morgan fingerprint density at radius 3 is 2.27 bits per heavy atom. The van der Waals surface area contributed by atoms with Gasteiger partial charge in [0.1, 0.15) is 17.6 Å². The third-order valence-electron chi connectivity index (χ3n) is 4.98. The molecule has 0 bridgehead atoms. The summed E-state index contributed by atoms with van der Waals surface area (Å²) in [5, 5.41) is 7.52. The van der Waals surface area contributed by atoms with E-state index in [1.807, 2.05) is 32.9 Å². The van der Waals surface area contributed by atoms with Crippen LogP contribution in [0.5, 0.6) is 5.75 Å². The molecule has 1 saturated heterocycles. The number of carbonyl (C=O) groups excluding carboxylic acids is 2. The lowest BCUT2D eigenvalue weighted by molar-refractivity contribution is -0.119. The van der Waals surface area contributed by atoms with Gasteiger partial charge in [-0.2, -0.15) is 0 Å². The predicted molar refractivity (Wildman–Crippen MR) is 117 cm³/mol. The van der Waals surface area contributed by atoms with E-state index in [9.17, 15) is 9.59 Å². The van der Waals surface area contributed by atoms with E-state index >= 15 is 0 Å².